The van der Waals surface area contributed by atoms with Crippen molar-refractivity contribution >= 4 is 27.8 Å². The van der Waals surface area contributed by atoms with E-state index in [9.17, 15) is 13.2 Å². The van der Waals surface area contributed by atoms with E-state index in [2.05, 4.69) is 10.5 Å². The number of ether oxygens (including phenoxy) is 4. The fraction of sp³-hybridized carbons (Fsp3) is 0.286. The molecular weight excluding hydrogens is 522 g/mol. The van der Waals surface area contributed by atoms with Crippen LogP contribution in [0.4, 0.5) is 5.69 Å². The molecular formula is C28H33N3O7S. The van der Waals surface area contributed by atoms with Crippen molar-refractivity contribution in [2.75, 3.05) is 38.3 Å². The van der Waals surface area contributed by atoms with Crippen molar-refractivity contribution in [3.05, 3.63) is 72.3 Å². The van der Waals surface area contributed by atoms with Crippen LogP contribution in [0.5, 0.6) is 23.0 Å². The van der Waals surface area contributed by atoms with Crippen molar-refractivity contribution in [1.82, 2.24) is 5.43 Å². The van der Waals surface area contributed by atoms with Crippen LogP contribution in [0.1, 0.15) is 25.8 Å². The quantitative estimate of drug-likeness (QED) is 0.234. The standard InChI is InChI=1S/C28H33N3O7S/c1-5-16-38-25-14-12-21(17-27(25)37-6-2)19-29-30-28(32)20-31(39(33,34)23-10-8-7-9-11-23)22-13-15-24(35-3)26(18-22)36-4/h7-15,17-19H,5-6,16,20H2,1-4H3,(H,30,32)/b29-19-. The summed E-state index contributed by atoms with van der Waals surface area (Å²) in [7, 11) is -1.18. The van der Waals surface area contributed by atoms with Crippen molar-refractivity contribution < 1.29 is 32.2 Å². The molecule has 0 spiro atoms. The molecule has 1 N–H and O–H groups in total. The van der Waals surface area contributed by atoms with Crippen LogP contribution >= 0.6 is 0 Å². The van der Waals surface area contributed by atoms with Gasteiger partial charge in [0, 0.05) is 6.07 Å². The third-order valence-electron chi connectivity index (χ3n) is 5.41. The molecule has 3 aromatic rings. The largest absolute Gasteiger partial charge is 0.493 e. The van der Waals surface area contributed by atoms with Crippen LogP contribution in [0.3, 0.4) is 0 Å². The number of hydrogen-bond acceptors (Lipinski definition) is 8. The Morgan fingerprint density at radius 2 is 1.62 bits per heavy atom. The van der Waals surface area contributed by atoms with Gasteiger partial charge < -0.3 is 18.9 Å². The Bertz CT molecular complexity index is 1380. The molecule has 11 heteroatoms. The Kier molecular flexibility index (Phi) is 10.6. The maximum atomic E-state index is 13.5. The van der Waals surface area contributed by atoms with Gasteiger partial charge in [-0.15, -0.1) is 0 Å². The van der Waals surface area contributed by atoms with E-state index in [1.54, 1.807) is 42.5 Å². The molecule has 0 heterocycles. The van der Waals surface area contributed by atoms with Gasteiger partial charge in [-0.1, -0.05) is 25.1 Å². The number of carbonyl (C=O) groups is 1. The molecule has 3 rings (SSSR count). The van der Waals surface area contributed by atoms with Crippen LogP contribution in [0.25, 0.3) is 0 Å². The maximum Gasteiger partial charge on any atom is 0.264 e. The summed E-state index contributed by atoms with van der Waals surface area (Å²) >= 11 is 0. The summed E-state index contributed by atoms with van der Waals surface area (Å²) in [6.07, 6.45) is 2.30. The lowest BCUT2D eigenvalue weighted by Crippen LogP contribution is -2.39. The van der Waals surface area contributed by atoms with E-state index in [0.717, 1.165) is 10.7 Å². The fourth-order valence-corrected chi connectivity index (χ4v) is 5.00. The molecule has 0 bridgehead atoms. The third kappa shape index (κ3) is 7.64. The summed E-state index contributed by atoms with van der Waals surface area (Å²) in [4.78, 5) is 12.9. The highest BCUT2D eigenvalue weighted by atomic mass is 32.2. The van der Waals surface area contributed by atoms with E-state index in [0.29, 0.717) is 41.8 Å². The monoisotopic (exact) mass is 555 g/mol. The number of amides is 1. The second kappa shape index (κ2) is 14.1. The molecule has 0 aromatic heterocycles. The van der Waals surface area contributed by atoms with Gasteiger partial charge in [0.15, 0.2) is 23.0 Å². The first-order valence-corrected chi connectivity index (χ1v) is 13.8. The van der Waals surface area contributed by atoms with Crippen molar-refractivity contribution in [3.8, 4) is 23.0 Å². The Balaban J connectivity index is 1.83. The first-order chi connectivity index (χ1) is 18.8. The summed E-state index contributed by atoms with van der Waals surface area (Å²) in [5.41, 5.74) is 3.29. The van der Waals surface area contributed by atoms with Crippen LogP contribution in [0.2, 0.25) is 0 Å². The van der Waals surface area contributed by atoms with E-state index in [1.165, 1.54) is 44.7 Å². The number of hydrazone groups is 1. The summed E-state index contributed by atoms with van der Waals surface area (Å²) in [6.45, 7) is 4.38. The minimum absolute atomic E-state index is 0.0323. The van der Waals surface area contributed by atoms with Gasteiger partial charge in [0.2, 0.25) is 0 Å². The molecule has 0 fully saturated rings. The van der Waals surface area contributed by atoms with Gasteiger partial charge in [-0.25, -0.2) is 13.8 Å². The first kappa shape index (κ1) is 29.3. The summed E-state index contributed by atoms with van der Waals surface area (Å²) in [5, 5.41) is 4.01. The lowest BCUT2D eigenvalue weighted by atomic mass is 10.2. The number of rotatable bonds is 14. The minimum Gasteiger partial charge on any atom is -0.493 e. The van der Waals surface area contributed by atoms with Crippen molar-refractivity contribution in [2.45, 2.75) is 25.2 Å². The molecule has 0 aliphatic carbocycles. The third-order valence-corrected chi connectivity index (χ3v) is 7.19. The number of nitrogens with zero attached hydrogens (tertiary/aromatic N) is 2. The van der Waals surface area contributed by atoms with Crippen LogP contribution in [-0.2, 0) is 14.8 Å². The summed E-state index contributed by atoms with van der Waals surface area (Å²) in [6, 6.07) is 17.8. The molecule has 0 aliphatic heterocycles. The molecule has 39 heavy (non-hydrogen) atoms. The molecule has 0 saturated heterocycles. The second-order valence-corrected chi connectivity index (χ2v) is 10.0. The smallest absolute Gasteiger partial charge is 0.264 e. The topological polar surface area (TPSA) is 116 Å². The van der Waals surface area contributed by atoms with Crippen LogP contribution < -0.4 is 28.7 Å². The Labute approximate surface area is 229 Å². The molecule has 208 valence electrons. The van der Waals surface area contributed by atoms with Crippen molar-refractivity contribution in [2.24, 2.45) is 5.10 Å². The fourth-order valence-electron chi connectivity index (χ4n) is 3.56. The lowest BCUT2D eigenvalue weighted by Gasteiger charge is -2.24. The molecule has 3 aromatic carbocycles. The molecule has 0 radical (unpaired) electrons. The number of carbonyl (C=O) groups excluding carboxylic acids is 1. The lowest BCUT2D eigenvalue weighted by molar-refractivity contribution is -0.119. The zero-order valence-electron chi connectivity index (χ0n) is 22.4. The number of methoxy groups -OCH3 is 2. The van der Waals surface area contributed by atoms with Gasteiger partial charge in [-0.05, 0) is 61.4 Å². The van der Waals surface area contributed by atoms with E-state index < -0.39 is 22.5 Å². The van der Waals surface area contributed by atoms with Gasteiger partial charge in [0.1, 0.15) is 6.54 Å². The van der Waals surface area contributed by atoms with Crippen molar-refractivity contribution in [1.29, 1.82) is 0 Å². The number of anilines is 1. The molecule has 10 nitrogen and oxygen atoms in total. The number of benzene rings is 3. The van der Waals surface area contributed by atoms with Gasteiger partial charge in [0.05, 0.1) is 44.2 Å². The maximum absolute atomic E-state index is 13.5. The average molecular weight is 556 g/mol. The molecule has 0 aliphatic rings. The second-order valence-electron chi connectivity index (χ2n) is 8.14. The Morgan fingerprint density at radius 3 is 2.28 bits per heavy atom. The van der Waals surface area contributed by atoms with Crippen molar-refractivity contribution in [3.63, 3.8) is 0 Å². The first-order valence-electron chi connectivity index (χ1n) is 12.3. The Morgan fingerprint density at radius 1 is 0.897 bits per heavy atom. The highest BCUT2D eigenvalue weighted by Crippen LogP contribution is 2.33. The van der Waals surface area contributed by atoms with Gasteiger partial charge in [0.25, 0.3) is 15.9 Å². The molecule has 1 amide bonds. The van der Waals surface area contributed by atoms with E-state index in [4.69, 9.17) is 18.9 Å². The number of hydrogen-bond donors (Lipinski definition) is 1. The van der Waals surface area contributed by atoms with Gasteiger partial charge >= 0.3 is 0 Å². The van der Waals surface area contributed by atoms with Crippen LogP contribution in [0, 0.1) is 0 Å². The van der Waals surface area contributed by atoms with E-state index in [1.807, 2.05) is 13.8 Å². The van der Waals surface area contributed by atoms with E-state index >= 15 is 0 Å². The molecule has 0 atom stereocenters. The Hall–Kier alpha value is -4.25. The summed E-state index contributed by atoms with van der Waals surface area (Å²) < 4.78 is 50.0. The number of sulfonamides is 1. The normalized spacial score (nSPS) is 11.2. The zero-order chi connectivity index (χ0) is 28.3. The summed E-state index contributed by atoms with van der Waals surface area (Å²) in [5.74, 6) is 1.28. The highest BCUT2D eigenvalue weighted by molar-refractivity contribution is 7.92. The minimum atomic E-state index is -4.10. The predicted molar refractivity (Wildman–Crippen MR) is 150 cm³/mol. The van der Waals surface area contributed by atoms with Gasteiger partial charge in [-0.3, -0.25) is 9.10 Å². The average Bonchev–Trinajstić information content (AvgIpc) is 2.95. The van der Waals surface area contributed by atoms with Gasteiger partial charge in [-0.2, -0.15) is 5.10 Å². The van der Waals surface area contributed by atoms with Crippen LogP contribution in [0.15, 0.2) is 76.7 Å². The SMILES string of the molecule is CCCOc1ccc(/C=N\NC(=O)CN(c2ccc(OC)c(OC)c2)S(=O)(=O)c2ccccc2)cc1OCC. The van der Waals surface area contributed by atoms with E-state index in [-0.39, 0.29) is 10.6 Å². The molecule has 0 saturated carbocycles. The zero-order valence-corrected chi connectivity index (χ0v) is 23.2. The number of nitrogens with one attached hydrogen (secondary N) is 1. The predicted octanol–water partition coefficient (Wildman–Crippen LogP) is 4.24. The van der Waals surface area contributed by atoms with Crippen LogP contribution in [-0.4, -0.2) is 54.5 Å². The highest BCUT2D eigenvalue weighted by Gasteiger charge is 2.28. The molecule has 0 unspecified atom stereocenters.